The maximum Gasteiger partial charge on any atom is 0.130 e. The molecule has 1 heterocycles. The van der Waals surface area contributed by atoms with E-state index in [1.165, 1.54) is 25.7 Å². The lowest BCUT2D eigenvalue weighted by Gasteiger charge is -2.26. The summed E-state index contributed by atoms with van der Waals surface area (Å²) in [5.41, 5.74) is 6.71. The summed E-state index contributed by atoms with van der Waals surface area (Å²) in [7, 11) is 0. The van der Waals surface area contributed by atoms with Crippen molar-refractivity contribution < 1.29 is 9.15 Å². The van der Waals surface area contributed by atoms with Crippen LogP contribution in [0.15, 0.2) is 10.5 Å². The second-order valence-corrected chi connectivity index (χ2v) is 5.23. The van der Waals surface area contributed by atoms with Gasteiger partial charge in [0.05, 0.1) is 12.6 Å². The van der Waals surface area contributed by atoms with E-state index >= 15 is 0 Å². The van der Waals surface area contributed by atoms with Crippen LogP contribution in [0, 0.1) is 12.8 Å². The average Bonchev–Trinajstić information content (AvgIpc) is 2.67. The lowest BCUT2D eigenvalue weighted by Crippen LogP contribution is -2.21. The second kappa shape index (κ2) is 5.69. The summed E-state index contributed by atoms with van der Waals surface area (Å²) in [4.78, 5) is 0. The third-order valence-corrected chi connectivity index (χ3v) is 3.61. The van der Waals surface area contributed by atoms with E-state index in [9.17, 15) is 0 Å². The molecule has 3 heteroatoms. The van der Waals surface area contributed by atoms with Gasteiger partial charge in [0.15, 0.2) is 0 Å². The first-order valence-corrected chi connectivity index (χ1v) is 6.59. The molecule has 96 valence electrons. The third kappa shape index (κ3) is 3.33. The Hall–Kier alpha value is -0.800. The highest BCUT2D eigenvalue weighted by atomic mass is 16.5. The van der Waals surface area contributed by atoms with E-state index in [0.717, 1.165) is 23.0 Å². The average molecular weight is 237 g/mol. The Morgan fingerprint density at radius 1 is 1.47 bits per heavy atom. The molecule has 0 spiro atoms. The standard InChI is InChI=1S/C14H23NO2/c1-10-4-3-5-12(6-10)16-9-13-7-11(2)14(8-15)17-13/h7,10,12H,3-6,8-9,15H2,1-2H3. The van der Waals surface area contributed by atoms with Gasteiger partial charge in [0.1, 0.15) is 18.1 Å². The Bertz CT molecular complexity index is 359. The van der Waals surface area contributed by atoms with Gasteiger partial charge in [-0.3, -0.25) is 0 Å². The zero-order chi connectivity index (χ0) is 12.3. The molecule has 0 radical (unpaired) electrons. The van der Waals surface area contributed by atoms with Gasteiger partial charge in [-0.15, -0.1) is 0 Å². The van der Waals surface area contributed by atoms with Crippen molar-refractivity contribution in [3.05, 3.63) is 23.2 Å². The maximum atomic E-state index is 5.92. The predicted molar refractivity (Wildman–Crippen MR) is 67.5 cm³/mol. The lowest BCUT2D eigenvalue weighted by molar-refractivity contribution is -0.00296. The van der Waals surface area contributed by atoms with Crippen LogP contribution in [0.5, 0.6) is 0 Å². The molecule has 3 nitrogen and oxygen atoms in total. The van der Waals surface area contributed by atoms with Gasteiger partial charge in [-0.25, -0.2) is 0 Å². The van der Waals surface area contributed by atoms with Gasteiger partial charge < -0.3 is 14.9 Å². The van der Waals surface area contributed by atoms with Crippen molar-refractivity contribution >= 4 is 0 Å². The van der Waals surface area contributed by atoms with Crippen molar-refractivity contribution in [2.24, 2.45) is 11.7 Å². The van der Waals surface area contributed by atoms with Crippen molar-refractivity contribution in [3.63, 3.8) is 0 Å². The molecule has 0 aromatic carbocycles. The first-order chi connectivity index (χ1) is 8.19. The van der Waals surface area contributed by atoms with Crippen LogP contribution < -0.4 is 5.73 Å². The summed E-state index contributed by atoms with van der Waals surface area (Å²) >= 11 is 0. The first-order valence-electron chi connectivity index (χ1n) is 6.59. The minimum Gasteiger partial charge on any atom is -0.462 e. The van der Waals surface area contributed by atoms with Gasteiger partial charge in [0.25, 0.3) is 0 Å². The lowest BCUT2D eigenvalue weighted by atomic mass is 9.89. The van der Waals surface area contributed by atoms with Crippen LogP contribution in [0.3, 0.4) is 0 Å². The van der Waals surface area contributed by atoms with Gasteiger partial charge in [0.2, 0.25) is 0 Å². The highest BCUT2D eigenvalue weighted by Crippen LogP contribution is 2.26. The summed E-state index contributed by atoms with van der Waals surface area (Å²) in [5, 5.41) is 0. The molecule has 2 atom stereocenters. The quantitative estimate of drug-likeness (QED) is 0.875. The molecule has 1 aliphatic carbocycles. The molecule has 0 saturated heterocycles. The molecular formula is C14H23NO2. The molecule has 0 amide bonds. The molecule has 1 aliphatic rings. The number of furan rings is 1. The van der Waals surface area contributed by atoms with E-state index < -0.39 is 0 Å². The molecule has 1 fully saturated rings. The Balaban J connectivity index is 1.84. The van der Waals surface area contributed by atoms with E-state index in [1.807, 2.05) is 13.0 Å². The molecule has 17 heavy (non-hydrogen) atoms. The summed E-state index contributed by atoms with van der Waals surface area (Å²) < 4.78 is 11.5. The smallest absolute Gasteiger partial charge is 0.130 e. The summed E-state index contributed by atoms with van der Waals surface area (Å²) in [6.07, 6.45) is 5.41. The largest absolute Gasteiger partial charge is 0.462 e. The fraction of sp³-hybridized carbons (Fsp3) is 0.714. The van der Waals surface area contributed by atoms with Gasteiger partial charge in [0, 0.05) is 0 Å². The fourth-order valence-corrected chi connectivity index (χ4v) is 2.59. The van der Waals surface area contributed by atoms with Gasteiger partial charge in [-0.1, -0.05) is 19.8 Å². The fourth-order valence-electron chi connectivity index (χ4n) is 2.59. The Labute approximate surface area is 103 Å². The minimum atomic E-state index is 0.408. The monoisotopic (exact) mass is 237 g/mol. The number of hydrogen-bond acceptors (Lipinski definition) is 3. The van der Waals surface area contributed by atoms with Crippen molar-refractivity contribution in [3.8, 4) is 0 Å². The van der Waals surface area contributed by atoms with E-state index in [-0.39, 0.29) is 0 Å². The summed E-state index contributed by atoms with van der Waals surface area (Å²) in [6.45, 7) is 5.38. The molecule has 0 aliphatic heterocycles. The van der Waals surface area contributed by atoms with Crippen molar-refractivity contribution in [1.82, 2.24) is 0 Å². The van der Waals surface area contributed by atoms with Crippen molar-refractivity contribution in [2.75, 3.05) is 0 Å². The zero-order valence-corrected chi connectivity index (χ0v) is 10.9. The highest BCUT2D eigenvalue weighted by molar-refractivity contribution is 5.19. The summed E-state index contributed by atoms with van der Waals surface area (Å²) in [5.74, 6) is 2.58. The Morgan fingerprint density at radius 2 is 2.29 bits per heavy atom. The van der Waals surface area contributed by atoms with Crippen LogP contribution in [0.4, 0.5) is 0 Å². The third-order valence-electron chi connectivity index (χ3n) is 3.61. The topological polar surface area (TPSA) is 48.4 Å². The molecule has 1 aromatic heterocycles. The molecule has 1 aromatic rings. The van der Waals surface area contributed by atoms with Crippen LogP contribution in [0.1, 0.15) is 49.7 Å². The van der Waals surface area contributed by atoms with E-state index in [0.29, 0.717) is 19.3 Å². The number of rotatable bonds is 4. The molecule has 2 N–H and O–H groups in total. The van der Waals surface area contributed by atoms with Crippen LogP contribution in [-0.4, -0.2) is 6.10 Å². The molecular weight excluding hydrogens is 214 g/mol. The normalized spacial score (nSPS) is 25.1. The molecule has 1 saturated carbocycles. The van der Waals surface area contributed by atoms with Crippen LogP contribution in [0.2, 0.25) is 0 Å². The Morgan fingerprint density at radius 3 is 2.94 bits per heavy atom. The van der Waals surface area contributed by atoms with E-state index in [4.69, 9.17) is 14.9 Å². The zero-order valence-electron chi connectivity index (χ0n) is 10.9. The summed E-state index contributed by atoms with van der Waals surface area (Å²) in [6, 6.07) is 2.04. The second-order valence-electron chi connectivity index (χ2n) is 5.23. The maximum absolute atomic E-state index is 5.92. The highest BCUT2D eigenvalue weighted by Gasteiger charge is 2.19. The molecule has 0 bridgehead atoms. The molecule has 2 rings (SSSR count). The van der Waals surface area contributed by atoms with Crippen LogP contribution >= 0.6 is 0 Å². The number of ether oxygens (including phenoxy) is 1. The Kier molecular flexibility index (Phi) is 4.24. The number of aryl methyl sites for hydroxylation is 1. The minimum absolute atomic E-state index is 0.408. The molecule has 2 unspecified atom stereocenters. The van der Waals surface area contributed by atoms with E-state index in [2.05, 4.69) is 6.92 Å². The van der Waals surface area contributed by atoms with Gasteiger partial charge in [-0.05, 0) is 37.3 Å². The SMILES string of the molecule is Cc1cc(COC2CCCC(C)C2)oc1CN. The predicted octanol–water partition coefficient (Wildman–Crippen LogP) is 3.14. The number of nitrogens with two attached hydrogens (primary N) is 1. The van der Waals surface area contributed by atoms with Crippen molar-refractivity contribution in [1.29, 1.82) is 0 Å². The van der Waals surface area contributed by atoms with Crippen LogP contribution in [0.25, 0.3) is 0 Å². The first kappa shape index (κ1) is 12.7. The van der Waals surface area contributed by atoms with E-state index in [1.54, 1.807) is 0 Å². The van der Waals surface area contributed by atoms with Gasteiger partial charge in [-0.2, -0.15) is 0 Å². The van der Waals surface area contributed by atoms with Crippen LogP contribution in [-0.2, 0) is 17.9 Å². The number of hydrogen-bond donors (Lipinski definition) is 1. The van der Waals surface area contributed by atoms with Gasteiger partial charge >= 0.3 is 0 Å². The van der Waals surface area contributed by atoms with Crippen molar-refractivity contribution in [2.45, 2.75) is 58.8 Å².